The monoisotopic (exact) mass is 403 g/mol. The van der Waals surface area contributed by atoms with Crippen molar-refractivity contribution in [2.45, 2.75) is 10.9 Å². The van der Waals surface area contributed by atoms with Gasteiger partial charge in [-0.05, 0) is 47.2 Å². The molecule has 0 atom stereocenters. The highest BCUT2D eigenvalue weighted by molar-refractivity contribution is 7.99. The van der Waals surface area contributed by atoms with Gasteiger partial charge in [0.15, 0.2) is 5.82 Å². The summed E-state index contributed by atoms with van der Waals surface area (Å²) in [6, 6.07) is 12.6. The van der Waals surface area contributed by atoms with Crippen LogP contribution in [0.2, 0.25) is 0 Å². The number of carboxylic acid groups (broad SMARTS) is 1. The minimum absolute atomic E-state index is 0.0225. The van der Waals surface area contributed by atoms with Crippen molar-refractivity contribution in [1.29, 1.82) is 0 Å². The van der Waals surface area contributed by atoms with Crippen LogP contribution in [0.4, 0.5) is 8.78 Å². The van der Waals surface area contributed by atoms with Gasteiger partial charge in [-0.1, -0.05) is 24.3 Å². The van der Waals surface area contributed by atoms with Crippen molar-refractivity contribution in [1.82, 2.24) is 14.9 Å². The Kier molecular flexibility index (Phi) is 5.99. The number of carbonyl (C=O) groups excluding carboxylic acids is 1. The average molecular weight is 403 g/mol. The van der Waals surface area contributed by atoms with Crippen molar-refractivity contribution in [3.05, 3.63) is 59.7 Å². The number of halogens is 2. The molecule has 1 heterocycles. The molecule has 0 aliphatic heterocycles. The standard InChI is InChI=1S/C18H14F2N4O3S/c1-27-14-8-6-12(7-9-14)15-22-23-18(28-17(19)20)24(15)21-10-11-2-4-13(5-3-11)16(25)26/h2-10,17H,1H3,(H,25,26)/p-1/b21-10-. The summed E-state index contributed by atoms with van der Waals surface area (Å²) in [7, 11) is 1.53. The maximum Gasteiger partial charge on any atom is 0.291 e. The average Bonchev–Trinajstić information content (AvgIpc) is 3.08. The summed E-state index contributed by atoms with van der Waals surface area (Å²) >= 11 is 0.221. The summed E-state index contributed by atoms with van der Waals surface area (Å²) in [6.45, 7) is 0. The van der Waals surface area contributed by atoms with Gasteiger partial charge in [-0.2, -0.15) is 18.6 Å². The normalized spacial score (nSPS) is 11.3. The Morgan fingerprint density at radius 2 is 1.86 bits per heavy atom. The van der Waals surface area contributed by atoms with Crippen molar-refractivity contribution in [2.24, 2.45) is 5.10 Å². The van der Waals surface area contributed by atoms with Gasteiger partial charge in [0, 0.05) is 5.56 Å². The van der Waals surface area contributed by atoms with Gasteiger partial charge >= 0.3 is 0 Å². The highest BCUT2D eigenvalue weighted by Gasteiger charge is 2.18. The highest BCUT2D eigenvalue weighted by atomic mass is 32.2. The van der Waals surface area contributed by atoms with E-state index in [-0.39, 0.29) is 28.3 Å². The molecule has 10 heteroatoms. The van der Waals surface area contributed by atoms with E-state index in [0.717, 1.165) is 0 Å². The lowest BCUT2D eigenvalue weighted by molar-refractivity contribution is -0.255. The van der Waals surface area contributed by atoms with E-state index in [4.69, 9.17) is 4.74 Å². The van der Waals surface area contributed by atoms with Crippen molar-refractivity contribution < 1.29 is 23.4 Å². The van der Waals surface area contributed by atoms with Crippen LogP contribution in [0.15, 0.2) is 58.8 Å². The van der Waals surface area contributed by atoms with Crippen molar-refractivity contribution in [3.63, 3.8) is 0 Å². The molecule has 28 heavy (non-hydrogen) atoms. The predicted octanol–water partition coefficient (Wildman–Crippen LogP) is 2.51. The molecule has 3 aromatic rings. The zero-order valence-corrected chi connectivity index (χ0v) is 15.3. The Labute approximate surface area is 162 Å². The third-order valence-electron chi connectivity index (χ3n) is 3.62. The lowest BCUT2D eigenvalue weighted by Crippen LogP contribution is -2.21. The second-order valence-corrected chi connectivity index (χ2v) is 6.34. The van der Waals surface area contributed by atoms with Crippen molar-refractivity contribution in [3.8, 4) is 17.1 Å². The van der Waals surface area contributed by atoms with Crippen molar-refractivity contribution >= 4 is 23.9 Å². The topological polar surface area (TPSA) is 92.4 Å². The molecule has 0 bridgehead atoms. The summed E-state index contributed by atoms with van der Waals surface area (Å²) in [6.07, 6.45) is 1.39. The molecule has 0 saturated heterocycles. The minimum atomic E-state index is -2.69. The first-order chi connectivity index (χ1) is 13.5. The molecule has 3 rings (SSSR count). The number of nitrogens with zero attached hydrogens (tertiary/aromatic N) is 4. The van der Waals surface area contributed by atoms with Crippen LogP contribution in [0.25, 0.3) is 11.4 Å². The number of benzene rings is 2. The zero-order chi connectivity index (χ0) is 20.1. The maximum atomic E-state index is 12.8. The molecule has 0 radical (unpaired) electrons. The van der Waals surface area contributed by atoms with Gasteiger partial charge in [0.1, 0.15) is 5.75 Å². The fourth-order valence-electron chi connectivity index (χ4n) is 2.27. The number of hydrogen-bond acceptors (Lipinski definition) is 7. The van der Waals surface area contributed by atoms with Gasteiger partial charge in [-0.15, -0.1) is 10.2 Å². The van der Waals surface area contributed by atoms with Gasteiger partial charge in [0.2, 0.25) is 5.16 Å². The first-order valence-corrected chi connectivity index (χ1v) is 8.76. The number of carboxylic acids is 1. The molecule has 0 aliphatic carbocycles. The molecule has 0 unspecified atom stereocenters. The summed E-state index contributed by atoms with van der Waals surface area (Å²) in [5.41, 5.74) is 1.19. The van der Waals surface area contributed by atoms with Gasteiger partial charge in [-0.25, -0.2) is 0 Å². The molecule has 7 nitrogen and oxygen atoms in total. The second-order valence-electron chi connectivity index (χ2n) is 5.38. The molecule has 2 aromatic carbocycles. The molecule has 0 N–H and O–H groups in total. The van der Waals surface area contributed by atoms with Crippen LogP contribution < -0.4 is 9.84 Å². The SMILES string of the molecule is COc1ccc(-c2nnc(SC(F)F)n2/N=C\c2ccc(C(=O)[O-])cc2)cc1. The van der Waals surface area contributed by atoms with Crippen LogP contribution in [0, 0.1) is 0 Å². The van der Waals surface area contributed by atoms with E-state index < -0.39 is 11.7 Å². The van der Waals surface area contributed by atoms with Gasteiger partial charge in [0.05, 0.1) is 19.3 Å². The van der Waals surface area contributed by atoms with E-state index in [9.17, 15) is 18.7 Å². The minimum Gasteiger partial charge on any atom is -0.545 e. The van der Waals surface area contributed by atoms with Crippen LogP contribution in [0.1, 0.15) is 15.9 Å². The smallest absolute Gasteiger partial charge is 0.291 e. The largest absolute Gasteiger partial charge is 0.545 e. The first kappa shape index (κ1) is 19.5. The quantitative estimate of drug-likeness (QED) is 0.445. The Balaban J connectivity index is 1.96. The molecule has 0 fully saturated rings. The number of carbonyl (C=O) groups is 1. The number of hydrogen-bond donors (Lipinski definition) is 0. The zero-order valence-electron chi connectivity index (χ0n) is 14.5. The van der Waals surface area contributed by atoms with E-state index >= 15 is 0 Å². The van der Waals surface area contributed by atoms with E-state index in [1.807, 2.05) is 0 Å². The Hall–Kier alpha value is -3.27. The predicted molar refractivity (Wildman–Crippen MR) is 97.6 cm³/mol. The summed E-state index contributed by atoms with van der Waals surface area (Å²) in [5.74, 6) is -3.08. The van der Waals surface area contributed by atoms with E-state index in [1.165, 1.54) is 42.3 Å². The van der Waals surface area contributed by atoms with Crippen molar-refractivity contribution in [2.75, 3.05) is 7.11 Å². The van der Waals surface area contributed by atoms with Crippen LogP contribution in [-0.4, -0.2) is 39.9 Å². The number of aromatic nitrogens is 3. The van der Waals surface area contributed by atoms with E-state index in [1.54, 1.807) is 24.3 Å². The number of aromatic carboxylic acids is 1. The van der Waals surface area contributed by atoms with E-state index in [0.29, 0.717) is 16.9 Å². The fraction of sp³-hybridized carbons (Fsp3) is 0.111. The van der Waals surface area contributed by atoms with Crippen LogP contribution in [0.3, 0.4) is 0 Å². The molecule has 0 aliphatic rings. The summed E-state index contributed by atoms with van der Waals surface area (Å²) in [4.78, 5) is 10.8. The number of thioether (sulfide) groups is 1. The molecular weight excluding hydrogens is 390 g/mol. The number of rotatable bonds is 7. The van der Waals surface area contributed by atoms with Gasteiger partial charge < -0.3 is 14.6 Å². The number of ether oxygens (including phenoxy) is 1. The maximum absolute atomic E-state index is 12.8. The molecule has 0 amide bonds. The third kappa shape index (κ3) is 4.52. The molecule has 0 saturated carbocycles. The Bertz CT molecular complexity index is 989. The van der Waals surface area contributed by atoms with Gasteiger partial charge in [0.25, 0.3) is 5.76 Å². The lowest BCUT2D eigenvalue weighted by Gasteiger charge is -2.06. The third-order valence-corrected chi connectivity index (χ3v) is 4.27. The summed E-state index contributed by atoms with van der Waals surface area (Å²) < 4.78 is 32.0. The van der Waals surface area contributed by atoms with Gasteiger partial charge in [-0.3, -0.25) is 0 Å². The number of alkyl halides is 2. The molecule has 0 spiro atoms. The van der Waals surface area contributed by atoms with E-state index in [2.05, 4.69) is 15.3 Å². The Morgan fingerprint density at radius 3 is 2.43 bits per heavy atom. The van der Waals surface area contributed by atoms with Crippen LogP contribution in [-0.2, 0) is 0 Å². The summed E-state index contributed by atoms with van der Waals surface area (Å²) in [5, 5.41) is 22.7. The lowest BCUT2D eigenvalue weighted by atomic mass is 10.1. The molecule has 144 valence electrons. The first-order valence-electron chi connectivity index (χ1n) is 7.88. The molecular formula is C18H13F2N4O3S-. The van der Waals surface area contributed by atoms with Crippen LogP contribution >= 0.6 is 11.8 Å². The number of methoxy groups -OCH3 is 1. The highest BCUT2D eigenvalue weighted by Crippen LogP contribution is 2.28. The Morgan fingerprint density at radius 1 is 1.18 bits per heavy atom. The fourth-order valence-corrected chi connectivity index (χ4v) is 2.75. The molecule has 1 aromatic heterocycles. The second kappa shape index (κ2) is 8.61. The van der Waals surface area contributed by atoms with Crippen LogP contribution in [0.5, 0.6) is 5.75 Å².